The van der Waals surface area contributed by atoms with Crippen molar-refractivity contribution in [3.8, 4) is 0 Å². The second-order valence-electron chi connectivity index (χ2n) is 4.18. The van der Waals surface area contributed by atoms with E-state index in [1.807, 2.05) is 18.2 Å². The fourth-order valence-electron chi connectivity index (χ4n) is 1.84. The Morgan fingerprint density at radius 2 is 2.30 bits per heavy atom. The first-order valence-electron chi connectivity index (χ1n) is 6.02. The monoisotopic (exact) mass is 336 g/mol. The average Bonchev–Trinajstić information content (AvgIpc) is 3.08. The fourth-order valence-corrected chi connectivity index (χ4v) is 3.00. The molecule has 0 unspecified atom stereocenters. The molecule has 0 saturated heterocycles. The topological polar surface area (TPSA) is 97.7 Å². The van der Waals surface area contributed by atoms with Crippen molar-refractivity contribution >= 4 is 37.5 Å². The molecule has 0 spiro atoms. The van der Waals surface area contributed by atoms with Crippen LogP contribution in [0, 0.1) is 0 Å². The van der Waals surface area contributed by atoms with Crippen molar-refractivity contribution < 1.29 is 4.79 Å². The zero-order chi connectivity index (χ0) is 13.9. The van der Waals surface area contributed by atoms with Gasteiger partial charge in [0.2, 0.25) is 0 Å². The Morgan fingerprint density at radius 3 is 3.15 bits per heavy atom. The molecule has 3 N–H and O–H groups in total. The summed E-state index contributed by atoms with van der Waals surface area (Å²) >= 11 is -0.119. The maximum absolute atomic E-state index is 12.1. The number of hydrogen-bond donors (Lipinski definition) is 2. The standard InChI is InChI=1S/C12H12N6OSe/c13-4-5-18-6-10(14-7-18)12(19)15-8-2-1-3-9-11(8)17-20-16-9/h1-3,6-7H,4-5,13H2,(H,15,19). The van der Waals surface area contributed by atoms with Crippen LogP contribution in [-0.2, 0) is 6.54 Å². The number of nitrogens with two attached hydrogens (primary N) is 1. The number of aromatic nitrogens is 2. The van der Waals surface area contributed by atoms with Crippen LogP contribution < -0.4 is 11.1 Å². The molecule has 0 radical (unpaired) electrons. The molecule has 1 aliphatic heterocycles. The molecule has 0 fully saturated rings. The number of imidazole rings is 1. The van der Waals surface area contributed by atoms with Crippen LogP contribution in [0.1, 0.15) is 10.5 Å². The van der Waals surface area contributed by atoms with Gasteiger partial charge in [-0.05, 0) is 0 Å². The first kappa shape index (κ1) is 13.0. The number of amides is 1. The molecule has 1 aromatic heterocycles. The molecule has 1 aliphatic rings. The van der Waals surface area contributed by atoms with E-state index in [-0.39, 0.29) is 20.5 Å². The molecule has 2 heterocycles. The molecule has 0 saturated carbocycles. The van der Waals surface area contributed by atoms with Gasteiger partial charge in [0.05, 0.1) is 0 Å². The summed E-state index contributed by atoms with van der Waals surface area (Å²) in [4.78, 5) is 16.2. The van der Waals surface area contributed by atoms with E-state index in [1.54, 1.807) is 17.1 Å². The number of carbonyl (C=O) groups is 1. The van der Waals surface area contributed by atoms with Gasteiger partial charge in [-0.25, -0.2) is 0 Å². The Balaban J connectivity index is 1.79. The zero-order valence-electron chi connectivity index (χ0n) is 10.5. The van der Waals surface area contributed by atoms with Crippen molar-refractivity contribution in [3.63, 3.8) is 0 Å². The van der Waals surface area contributed by atoms with E-state index < -0.39 is 0 Å². The maximum atomic E-state index is 12.1. The molecule has 1 aromatic carbocycles. The summed E-state index contributed by atoms with van der Waals surface area (Å²) in [5.74, 6) is -0.260. The van der Waals surface area contributed by atoms with Crippen molar-refractivity contribution in [2.75, 3.05) is 11.9 Å². The normalized spacial score (nSPS) is 12.1. The van der Waals surface area contributed by atoms with Gasteiger partial charge in [-0.2, -0.15) is 0 Å². The van der Waals surface area contributed by atoms with E-state index >= 15 is 0 Å². The molecule has 3 rings (SSSR count). The zero-order valence-corrected chi connectivity index (χ0v) is 12.2. The SMILES string of the molecule is NCCn1cnc(C(=O)Nc2cccc3c2N=[Se]=N3)c1. The first-order chi connectivity index (χ1) is 9.78. The number of carbonyl (C=O) groups excluding carboxylic acids is 1. The fraction of sp³-hybridized carbons (Fsp3) is 0.167. The Labute approximate surface area is 121 Å². The van der Waals surface area contributed by atoms with Crippen molar-refractivity contribution in [3.05, 3.63) is 36.4 Å². The third-order valence-electron chi connectivity index (χ3n) is 2.79. The van der Waals surface area contributed by atoms with Crippen molar-refractivity contribution in [1.29, 1.82) is 0 Å². The van der Waals surface area contributed by atoms with E-state index in [4.69, 9.17) is 5.73 Å². The number of nitrogens with zero attached hydrogens (tertiary/aromatic N) is 4. The van der Waals surface area contributed by atoms with Gasteiger partial charge >= 0.3 is 120 Å². The quantitative estimate of drug-likeness (QED) is 0.706. The molecule has 1 amide bonds. The molecule has 102 valence electrons. The number of fused-ring (bicyclic) bond motifs is 1. The summed E-state index contributed by atoms with van der Waals surface area (Å²) in [7, 11) is 0. The third kappa shape index (κ3) is 2.49. The first-order valence-corrected chi connectivity index (χ1v) is 7.55. The summed E-state index contributed by atoms with van der Waals surface area (Å²) in [6.45, 7) is 1.14. The summed E-state index contributed by atoms with van der Waals surface area (Å²) in [6.07, 6.45) is 3.27. The summed E-state index contributed by atoms with van der Waals surface area (Å²) in [5.41, 5.74) is 8.07. The summed E-state index contributed by atoms with van der Waals surface area (Å²) in [6, 6.07) is 5.55. The molecule has 0 bridgehead atoms. The van der Waals surface area contributed by atoms with Crippen LogP contribution in [0.3, 0.4) is 0 Å². The van der Waals surface area contributed by atoms with Crippen LogP contribution >= 0.6 is 0 Å². The minimum absolute atomic E-state index is 0.119. The summed E-state index contributed by atoms with van der Waals surface area (Å²) < 4.78 is 10.4. The number of rotatable bonds is 4. The molecular formula is C12H12N6OSe. The van der Waals surface area contributed by atoms with E-state index in [0.29, 0.717) is 24.5 Å². The van der Waals surface area contributed by atoms with Crippen molar-refractivity contribution in [1.82, 2.24) is 9.55 Å². The van der Waals surface area contributed by atoms with Crippen LogP contribution in [0.2, 0.25) is 0 Å². The number of benzene rings is 1. The molecule has 8 heteroatoms. The average molecular weight is 335 g/mol. The van der Waals surface area contributed by atoms with Crippen LogP contribution in [0.5, 0.6) is 0 Å². The predicted molar refractivity (Wildman–Crippen MR) is 75.6 cm³/mol. The third-order valence-corrected chi connectivity index (χ3v) is 3.93. The second-order valence-corrected chi connectivity index (χ2v) is 5.29. The number of nitrogens with one attached hydrogen (secondary N) is 1. The van der Waals surface area contributed by atoms with Gasteiger partial charge in [-0.1, -0.05) is 0 Å². The van der Waals surface area contributed by atoms with Gasteiger partial charge in [0.1, 0.15) is 0 Å². The summed E-state index contributed by atoms with van der Waals surface area (Å²) in [5, 5.41) is 2.82. The number of hydrogen-bond acceptors (Lipinski definition) is 5. The van der Waals surface area contributed by atoms with Crippen LogP contribution in [0.25, 0.3) is 0 Å². The van der Waals surface area contributed by atoms with Gasteiger partial charge in [0.25, 0.3) is 0 Å². The Hall–Kier alpha value is -2.02. The predicted octanol–water partition coefficient (Wildman–Crippen LogP) is 1.44. The molecule has 0 aliphatic carbocycles. The Bertz CT molecular complexity index is 731. The number of anilines is 1. The van der Waals surface area contributed by atoms with E-state index in [2.05, 4.69) is 18.2 Å². The van der Waals surface area contributed by atoms with Crippen molar-refractivity contribution in [2.45, 2.75) is 6.54 Å². The van der Waals surface area contributed by atoms with E-state index in [0.717, 1.165) is 11.4 Å². The van der Waals surface area contributed by atoms with Gasteiger partial charge in [-0.3, -0.25) is 0 Å². The molecule has 20 heavy (non-hydrogen) atoms. The van der Waals surface area contributed by atoms with Crippen LogP contribution in [0.4, 0.5) is 17.1 Å². The van der Waals surface area contributed by atoms with Gasteiger partial charge < -0.3 is 0 Å². The molecular weight excluding hydrogens is 323 g/mol. The van der Waals surface area contributed by atoms with Gasteiger partial charge in [-0.15, -0.1) is 0 Å². The van der Waals surface area contributed by atoms with E-state index in [1.165, 1.54) is 0 Å². The van der Waals surface area contributed by atoms with Crippen LogP contribution in [-0.4, -0.2) is 36.6 Å². The Morgan fingerprint density at radius 1 is 1.40 bits per heavy atom. The van der Waals surface area contributed by atoms with Crippen LogP contribution in [0.15, 0.2) is 38.6 Å². The van der Waals surface area contributed by atoms with Crippen molar-refractivity contribution in [2.24, 2.45) is 13.7 Å². The minimum atomic E-state index is -0.260. The molecule has 0 atom stereocenters. The second kappa shape index (κ2) is 5.54. The van der Waals surface area contributed by atoms with Gasteiger partial charge in [0.15, 0.2) is 0 Å². The Kier molecular flexibility index (Phi) is 3.60. The molecule has 7 nitrogen and oxygen atoms in total. The van der Waals surface area contributed by atoms with E-state index in [9.17, 15) is 4.79 Å². The van der Waals surface area contributed by atoms with Gasteiger partial charge in [0, 0.05) is 0 Å². The molecule has 2 aromatic rings.